The van der Waals surface area contributed by atoms with Gasteiger partial charge in [0.2, 0.25) is 0 Å². The normalized spacial score (nSPS) is 20.0. The van der Waals surface area contributed by atoms with Crippen LogP contribution < -0.4 is 4.90 Å². The Morgan fingerprint density at radius 3 is 2.44 bits per heavy atom. The van der Waals surface area contributed by atoms with Crippen molar-refractivity contribution in [1.29, 1.82) is 0 Å². The summed E-state index contributed by atoms with van der Waals surface area (Å²) >= 11 is 6.67. The molecule has 0 aromatic heterocycles. The quantitative estimate of drug-likeness (QED) is 0.425. The summed E-state index contributed by atoms with van der Waals surface area (Å²) in [5.74, 6) is -0.209. The van der Waals surface area contributed by atoms with Crippen LogP contribution in [0.3, 0.4) is 0 Å². The van der Waals surface area contributed by atoms with E-state index in [1.54, 1.807) is 9.80 Å². The van der Waals surface area contributed by atoms with Crippen molar-refractivity contribution in [2.24, 2.45) is 0 Å². The topological polar surface area (TPSA) is 40.6 Å². The van der Waals surface area contributed by atoms with Crippen molar-refractivity contribution in [3.05, 3.63) is 34.7 Å². The van der Waals surface area contributed by atoms with Gasteiger partial charge in [0, 0.05) is 18.7 Å². The number of nitrogens with zero attached hydrogens (tertiary/aromatic N) is 2. The van der Waals surface area contributed by atoms with Gasteiger partial charge >= 0.3 is 0 Å². The predicted molar refractivity (Wildman–Crippen MR) is 107 cm³/mol. The molecule has 2 aliphatic heterocycles. The standard InChI is InChI=1S/C19H22N2O2S2/c1-3-5-8-12-21-18(23)16(25-19(21)24)15-13-9-6-7-10-14(13)20(11-4-2)17(15)22/h6-7,9-10H,3-5,8,11-12H2,1-2H3. The van der Waals surface area contributed by atoms with E-state index in [2.05, 4.69) is 6.92 Å². The van der Waals surface area contributed by atoms with Crippen LogP contribution in [0, 0.1) is 0 Å². The van der Waals surface area contributed by atoms with Gasteiger partial charge in [-0.05, 0) is 18.9 Å². The fourth-order valence-electron chi connectivity index (χ4n) is 3.21. The fraction of sp³-hybridized carbons (Fsp3) is 0.421. The van der Waals surface area contributed by atoms with Gasteiger partial charge in [-0.1, -0.05) is 68.9 Å². The monoisotopic (exact) mass is 374 g/mol. The number of unbranched alkanes of at least 4 members (excludes halogenated alkanes) is 2. The van der Waals surface area contributed by atoms with E-state index < -0.39 is 0 Å². The zero-order chi connectivity index (χ0) is 18.0. The van der Waals surface area contributed by atoms with Gasteiger partial charge < -0.3 is 4.90 Å². The zero-order valence-electron chi connectivity index (χ0n) is 14.6. The van der Waals surface area contributed by atoms with Crippen molar-refractivity contribution in [3.8, 4) is 0 Å². The third-order valence-electron chi connectivity index (χ3n) is 4.43. The second kappa shape index (κ2) is 7.70. The Kier molecular flexibility index (Phi) is 5.59. The summed E-state index contributed by atoms with van der Waals surface area (Å²) in [5.41, 5.74) is 2.25. The molecule has 2 aliphatic rings. The number of hydrogen-bond donors (Lipinski definition) is 0. The molecule has 0 unspecified atom stereocenters. The number of anilines is 1. The maximum atomic E-state index is 13.0. The number of rotatable bonds is 6. The van der Waals surface area contributed by atoms with E-state index in [1.165, 1.54) is 11.8 Å². The first-order valence-electron chi connectivity index (χ1n) is 8.79. The molecule has 132 valence electrons. The minimum absolute atomic E-state index is 0.0860. The molecule has 0 N–H and O–H groups in total. The predicted octanol–water partition coefficient (Wildman–Crippen LogP) is 4.20. The first-order chi connectivity index (χ1) is 12.1. The maximum absolute atomic E-state index is 13.0. The van der Waals surface area contributed by atoms with Gasteiger partial charge in [-0.3, -0.25) is 14.5 Å². The lowest BCUT2D eigenvalue weighted by Gasteiger charge is -2.15. The summed E-state index contributed by atoms with van der Waals surface area (Å²) in [6.07, 6.45) is 3.95. The summed E-state index contributed by atoms with van der Waals surface area (Å²) < 4.78 is 0.558. The molecule has 2 heterocycles. The highest BCUT2D eigenvalue weighted by Crippen LogP contribution is 2.44. The van der Waals surface area contributed by atoms with Crippen molar-refractivity contribution in [1.82, 2.24) is 4.90 Å². The zero-order valence-corrected chi connectivity index (χ0v) is 16.2. The van der Waals surface area contributed by atoms with E-state index in [1.807, 2.05) is 31.2 Å². The van der Waals surface area contributed by atoms with Crippen molar-refractivity contribution < 1.29 is 9.59 Å². The average molecular weight is 375 g/mol. The van der Waals surface area contributed by atoms with E-state index in [4.69, 9.17) is 12.2 Å². The largest absolute Gasteiger partial charge is 0.308 e. The molecule has 1 saturated heterocycles. The summed E-state index contributed by atoms with van der Waals surface area (Å²) in [4.78, 5) is 29.8. The smallest absolute Gasteiger partial charge is 0.267 e. The second-order valence-corrected chi connectivity index (χ2v) is 7.85. The second-order valence-electron chi connectivity index (χ2n) is 6.21. The molecule has 3 rings (SSSR count). The summed E-state index contributed by atoms with van der Waals surface area (Å²) in [6, 6.07) is 7.69. The lowest BCUT2D eigenvalue weighted by molar-refractivity contribution is -0.122. The van der Waals surface area contributed by atoms with Crippen LogP contribution in [-0.2, 0) is 9.59 Å². The van der Waals surface area contributed by atoms with Gasteiger partial charge in [-0.15, -0.1) is 0 Å². The van der Waals surface area contributed by atoms with Gasteiger partial charge in [0.05, 0.1) is 16.2 Å². The van der Waals surface area contributed by atoms with Crippen LogP contribution in [-0.4, -0.2) is 34.1 Å². The minimum atomic E-state index is -0.123. The van der Waals surface area contributed by atoms with Gasteiger partial charge in [0.1, 0.15) is 4.32 Å². The number of carbonyl (C=O) groups is 2. The summed E-state index contributed by atoms with van der Waals surface area (Å²) in [7, 11) is 0. The highest BCUT2D eigenvalue weighted by atomic mass is 32.2. The van der Waals surface area contributed by atoms with Crippen LogP contribution in [0.4, 0.5) is 5.69 Å². The van der Waals surface area contributed by atoms with E-state index in [0.717, 1.165) is 36.9 Å². The maximum Gasteiger partial charge on any atom is 0.267 e. The number of fused-ring (bicyclic) bond motifs is 1. The van der Waals surface area contributed by atoms with Crippen LogP contribution in [0.15, 0.2) is 29.2 Å². The molecule has 6 heteroatoms. The molecule has 1 fully saturated rings. The van der Waals surface area contributed by atoms with E-state index >= 15 is 0 Å². The lowest BCUT2D eigenvalue weighted by Crippen LogP contribution is -2.30. The van der Waals surface area contributed by atoms with E-state index in [9.17, 15) is 9.59 Å². The Morgan fingerprint density at radius 2 is 1.72 bits per heavy atom. The number of hydrogen-bond acceptors (Lipinski definition) is 4. The Labute approximate surface area is 158 Å². The van der Waals surface area contributed by atoms with Crippen molar-refractivity contribution in [2.45, 2.75) is 39.5 Å². The van der Waals surface area contributed by atoms with Crippen LogP contribution in [0.25, 0.3) is 5.57 Å². The third kappa shape index (κ3) is 3.25. The van der Waals surface area contributed by atoms with Gasteiger partial charge in [0.15, 0.2) is 0 Å². The molecular weight excluding hydrogens is 352 g/mol. The Balaban J connectivity index is 1.98. The molecule has 2 amide bonds. The number of para-hydroxylation sites is 1. The van der Waals surface area contributed by atoms with Gasteiger partial charge in [-0.2, -0.15) is 0 Å². The molecule has 0 saturated carbocycles. The van der Waals surface area contributed by atoms with Gasteiger partial charge in [0.25, 0.3) is 11.8 Å². The summed E-state index contributed by atoms with van der Waals surface area (Å²) in [5, 5.41) is 0. The number of amides is 2. The number of thiocarbonyl (C=S) groups is 1. The van der Waals surface area contributed by atoms with Crippen LogP contribution >= 0.6 is 24.0 Å². The third-order valence-corrected chi connectivity index (χ3v) is 5.88. The molecule has 0 spiro atoms. The Bertz CT molecular complexity index is 758. The molecule has 0 atom stereocenters. The Hall–Kier alpha value is -1.66. The number of carbonyl (C=O) groups excluding carboxylic acids is 2. The van der Waals surface area contributed by atoms with Crippen LogP contribution in [0.2, 0.25) is 0 Å². The van der Waals surface area contributed by atoms with E-state index in [-0.39, 0.29) is 11.8 Å². The first kappa shape index (κ1) is 18.1. The molecule has 0 aliphatic carbocycles. The summed E-state index contributed by atoms with van der Waals surface area (Å²) in [6.45, 7) is 5.45. The van der Waals surface area contributed by atoms with Crippen molar-refractivity contribution in [2.75, 3.05) is 18.0 Å². The minimum Gasteiger partial charge on any atom is -0.308 e. The SMILES string of the molecule is CCCCCN1C(=O)C(=C2C(=O)N(CCC)c3ccccc32)SC1=S. The molecule has 0 radical (unpaired) electrons. The van der Waals surface area contributed by atoms with Gasteiger partial charge in [-0.25, -0.2) is 0 Å². The number of thioether (sulfide) groups is 1. The Morgan fingerprint density at radius 1 is 0.960 bits per heavy atom. The molecule has 25 heavy (non-hydrogen) atoms. The number of benzene rings is 1. The molecular formula is C19H22N2O2S2. The van der Waals surface area contributed by atoms with Crippen molar-refractivity contribution in [3.63, 3.8) is 0 Å². The first-order valence-corrected chi connectivity index (χ1v) is 10.0. The average Bonchev–Trinajstić information content (AvgIpc) is 3.03. The highest BCUT2D eigenvalue weighted by molar-refractivity contribution is 8.26. The molecule has 1 aromatic rings. The van der Waals surface area contributed by atoms with E-state index in [0.29, 0.717) is 27.9 Å². The van der Waals surface area contributed by atoms with Crippen LogP contribution in [0.1, 0.15) is 45.1 Å². The lowest BCUT2D eigenvalue weighted by atomic mass is 10.1. The highest BCUT2D eigenvalue weighted by Gasteiger charge is 2.41. The van der Waals surface area contributed by atoms with Crippen LogP contribution in [0.5, 0.6) is 0 Å². The van der Waals surface area contributed by atoms with Crippen molar-refractivity contribution >= 4 is 51.4 Å². The molecule has 0 bridgehead atoms. The molecule has 1 aromatic carbocycles. The fourth-order valence-corrected chi connectivity index (χ4v) is 4.59. The molecule has 4 nitrogen and oxygen atoms in total.